The quantitative estimate of drug-likeness (QED) is 0.366. The molecule has 33 heavy (non-hydrogen) atoms. The molecule has 11 heteroatoms. The Balaban J connectivity index is 0.000000555. The van der Waals surface area contributed by atoms with E-state index >= 15 is 0 Å². The standard InChI is InChI=1S/C21H31N5O2.CH4O3S/c27-18-16-21(6-1-2-7-21)17-19(28)26(18)11-4-3-10-24-12-14-25(15-13-24)20-22-8-5-9-23-20;1-5(2,3)4/h5,8-9H,1-4,6-7,10-17H2;1H3,(H,2,3,4). The molecule has 0 bridgehead atoms. The van der Waals surface area contributed by atoms with E-state index in [2.05, 4.69) is 19.8 Å². The minimum Gasteiger partial charge on any atom is -0.338 e. The fourth-order valence-corrected chi connectivity index (χ4v) is 4.99. The summed E-state index contributed by atoms with van der Waals surface area (Å²) < 4.78 is 25.9. The van der Waals surface area contributed by atoms with Gasteiger partial charge in [0.25, 0.3) is 10.1 Å². The molecule has 1 aromatic heterocycles. The second-order valence-electron chi connectivity index (χ2n) is 9.32. The number of likely N-dealkylation sites (tertiary alicyclic amines) is 1. The van der Waals surface area contributed by atoms with Crippen molar-refractivity contribution in [2.45, 2.75) is 51.4 Å². The molecule has 1 N–H and O–H groups in total. The number of carbonyl (C=O) groups excluding carboxylic acids is 2. The predicted octanol–water partition coefficient (Wildman–Crippen LogP) is 1.59. The molecule has 1 aliphatic carbocycles. The van der Waals surface area contributed by atoms with Crippen molar-refractivity contribution >= 4 is 27.9 Å². The van der Waals surface area contributed by atoms with E-state index in [0.29, 0.717) is 25.6 Å². The van der Waals surface area contributed by atoms with Crippen molar-refractivity contribution < 1.29 is 22.6 Å². The van der Waals surface area contributed by atoms with Crippen molar-refractivity contribution in [3.05, 3.63) is 18.5 Å². The molecule has 0 aromatic carbocycles. The van der Waals surface area contributed by atoms with E-state index in [1.54, 1.807) is 12.4 Å². The highest BCUT2D eigenvalue weighted by atomic mass is 32.2. The molecule has 0 atom stereocenters. The van der Waals surface area contributed by atoms with Gasteiger partial charge in [0, 0.05) is 58.0 Å². The topological polar surface area (TPSA) is 124 Å². The highest BCUT2D eigenvalue weighted by Gasteiger charge is 2.44. The van der Waals surface area contributed by atoms with Crippen molar-refractivity contribution in [3.63, 3.8) is 0 Å². The molecule has 3 aliphatic rings. The van der Waals surface area contributed by atoms with E-state index in [1.165, 1.54) is 17.7 Å². The van der Waals surface area contributed by atoms with Crippen LogP contribution in [0.2, 0.25) is 0 Å². The van der Waals surface area contributed by atoms with Crippen LogP contribution in [0, 0.1) is 5.41 Å². The predicted molar refractivity (Wildman–Crippen MR) is 124 cm³/mol. The van der Waals surface area contributed by atoms with Crippen LogP contribution in [0.1, 0.15) is 51.4 Å². The number of hydrogen-bond acceptors (Lipinski definition) is 8. The summed E-state index contributed by atoms with van der Waals surface area (Å²) in [5, 5.41) is 0. The zero-order chi connectivity index (χ0) is 23.9. The third kappa shape index (κ3) is 8.01. The van der Waals surface area contributed by atoms with Gasteiger partial charge in [0.1, 0.15) is 0 Å². The van der Waals surface area contributed by atoms with Crippen molar-refractivity contribution in [1.29, 1.82) is 0 Å². The second kappa shape index (κ2) is 11.3. The Morgan fingerprint density at radius 2 is 1.45 bits per heavy atom. The van der Waals surface area contributed by atoms with Gasteiger partial charge in [-0.25, -0.2) is 9.97 Å². The fraction of sp³-hybridized carbons (Fsp3) is 0.727. The van der Waals surface area contributed by atoms with Crippen LogP contribution in [0.15, 0.2) is 18.5 Å². The minimum absolute atomic E-state index is 0.00676. The van der Waals surface area contributed by atoms with Gasteiger partial charge >= 0.3 is 0 Å². The highest BCUT2D eigenvalue weighted by molar-refractivity contribution is 7.85. The molecule has 10 nitrogen and oxygen atoms in total. The molecule has 0 unspecified atom stereocenters. The van der Waals surface area contributed by atoms with Gasteiger partial charge in [0.15, 0.2) is 0 Å². The molecular formula is C22H35N5O5S. The van der Waals surface area contributed by atoms with Gasteiger partial charge in [-0.3, -0.25) is 23.9 Å². The van der Waals surface area contributed by atoms with Crippen LogP contribution in [-0.4, -0.2) is 90.1 Å². The lowest BCUT2D eigenvalue weighted by molar-refractivity contribution is -0.153. The lowest BCUT2D eigenvalue weighted by Gasteiger charge is -2.37. The number of piperidine rings is 1. The van der Waals surface area contributed by atoms with Gasteiger partial charge < -0.3 is 4.90 Å². The first-order valence-corrected chi connectivity index (χ1v) is 13.5. The smallest absolute Gasteiger partial charge is 0.261 e. The summed E-state index contributed by atoms with van der Waals surface area (Å²) in [6, 6.07) is 1.84. The lowest BCUT2D eigenvalue weighted by Crippen LogP contribution is -2.48. The molecule has 3 heterocycles. The Kier molecular flexibility index (Phi) is 8.77. The SMILES string of the molecule is CS(=O)(=O)O.O=C1CC2(CCCC2)CC(=O)N1CCCCN1CCN(c2ncccn2)CC1. The van der Waals surface area contributed by atoms with E-state index < -0.39 is 10.1 Å². The van der Waals surface area contributed by atoms with Crippen molar-refractivity contribution in [2.24, 2.45) is 5.41 Å². The number of hydrogen-bond donors (Lipinski definition) is 1. The summed E-state index contributed by atoms with van der Waals surface area (Å²) in [4.78, 5) is 39.9. The van der Waals surface area contributed by atoms with Crippen LogP contribution in [0.3, 0.4) is 0 Å². The molecule has 184 valence electrons. The molecule has 1 aromatic rings. The van der Waals surface area contributed by atoms with Crippen LogP contribution < -0.4 is 4.90 Å². The maximum absolute atomic E-state index is 12.5. The molecule has 2 saturated heterocycles. The summed E-state index contributed by atoms with van der Waals surface area (Å²) in [5.74, 6) is 0.938. The van der Waals surface area contributed by atoms with E-state index in [4.69, 9.17) is 4.55 Å². The number of anilines is 1. The number of rotatable bonds is 6. The van der Waals surface area contributed by atoms with E-state index in [9.17, 15) is 18.0 Å². The van der Waals surface area contributed by atoms with E-state index in [1.807, 2.05) is 6.07 Å². The van der Waals surface area contributed by atoms with Crippen LogP contribution in [0.5, 0.6) is 0 Å². The van der Waals surface area contributed by atoms with Gasteiger partial charge in [-0.2, -0.15) is 8.42 Å². The number of amides is 2. The Bertz CT molecular complexity index is 869. The molecule has 2 aliphatic heterocycles. The van der Waals surface area contributed by atoms with Crippen LogP contribution in [-0.2, 0) is 19.7 Å². The molecular weight excluding hydrogens is 446 g/mol. The number of aromatic nitrogens is 2. The molecule has 4 rings (SSSR count). The third-order valence-corrected chi connectivity index (χ3v) is 6.63. The fourth-order valence-electron chi connectivity index (χ4n) is 4.99. The number of piperazine rings is 1. The van der Waals surface area contributed by atoms with E-state index in [-0.39, 0.29) is 17.2 Å². The molecule has 2 amide bonds. The number of imide groups is 1. The summed E-state index contributed by atoms with van der Waals surface area (Å²) in [5.41, 5.74) is 0.00676. The lowest BCUT2D eigenvalue weighted by atomic mass is 9.76. The zero-order valence-electron chi connectivity index (χ0n) is 19.4. The molecule has 1 saturated carbocycles. The number of carbonyl (C=O) groups is 2. The zero-order valence-corrected chi connectivity index (χ0v) is 20.2. The van der Waals surface area contributed by atoms with Crippen LogP contribution in [0.4, 0.5) is 5.95 Å². The first-order valence-electron chi connectivity index (χ1n) is 11.7. The first kappa shape index (κ1) is 25.5. The normalized spacial score (nSPS) is 21.3. The Hall–Kier alpha value is -2.11. The second-order valence-corrected chi connectivity index (χ2v) is 10.8. The summed E-state index contributed by atoms with van der Waals surface area (Å²) in [6.45, 7) is 5.49. The average Bonchev–Trinajstić information content (AvgIpc) is 3.20. The molecule has 1 spiro atoms. The maximum Gasteiger partial charge on any atom is 0.261 e. The van der Waals surface area contributed by atoms with Crippen molar-refractivity contribution in [2.75, 3.05) is 50.4 Å². The summed E-state index contributed by atoms with van der Waals surface area (Å²) >= 11 is 0. The first-order chi connectivity index (χ1) is 15.7. The molecule has 0 radical (unpaired) electrons. The maximum atomic E-state index is 12.5. The van der Waals surface area contributed by atoms with Gasteiger partial charge in [-0.05, 0) is 43.7 Å². The van der Waals surface area contributed by atoms with Gasteiger partial charge in [0.05, 0.1) is 6.26 Å². The Labute approximate surface area is 196 Å². The van der Waals surface area contributed by atoms with Crippen LogP contribution >= 0.6 is 0 Å². The van der Waals surface area contributed by atoms with Crippen molar-refractivity contribution in [3.8, 4) is 0 Å². The Morgan fingerprint density at radius 1 is 0.939 bits per heavy atom. The number of unbranched alkanes of at least 4 members (excludes halogenated alkanes) is 1. The van der Waals surface area contributed by atoms with Crippen molar-refractivity contribution in [1.82, 2.24) is 19.8 Å². The monoisotopic (exact) mass is 481 g/mol. The highest BCUT2D eigenvalue weighted by Crippen LogP contribution is 2.46. The largest absolute Gasteiger partial charge is 0.338 e. The van der Waals surface area contributed by atoms with Gasteiger partial charge in [-0.15, -0.1) is 0 Å². The van der Waals surface area contributed by atoms with Gasteiger partial charge in [0.2, 0.25) is 17.8 Å². The number of nitrogens with zero attached hydrogens (tertiary/aromatic N) is 5. The molecule has 3 fully saturated rings. The summed E-state index contributed by atoms with van der Waals surface area (Å²) in [6.07, 6.45) is 11.8. The van der Waals surface area contributed by atoms with E-state index in [0.717, 1.165) is 64.4 Å². The van der Waals surface area contributed by atoms with Crippen LogP contribution in [0.25, 0.3) is 0 Å². The summed E-state index contributed by atoms with van der Waals surface area (Å²) in [7, 11) is -3.67. The third-order valence-electron chi connectivity index (χ3n) is 6.63. The Morgan fingerprint density at radius 3 is 2.00 bits per heavy atom. The minimum atomic E-state index is -3.67. The van der Waals surface area contributed by atoms with Gasteiger partial charge in [-0.1, -0.05) is 12.8 Å². The average molecular weight is 482 g/mol.